The average Bonchev–Trinajstić information content (AvgIpc) is 3.42. The summed E-state index contributed by atoms with van der Waals surface area (Å²) in [7, 11) is 1.72. The fraction of sp³-hybridized carbons (Fsp3) is 0.500. The van der Waals surface area contributed by atoms with E-state index in [9.17, 15) is 0 Å². The minimum Gasteiger partial charge on any atom is -0.468 e. The molecule has 7 heteroatoms. The molecule has 2 aromatic rings. The van der Waals surface area contributed by atoms with Crippen molar-refractivity contribution >= 4 is 29.9 Å². The third-order valence-electron chi connectivity index (χ3n) is 5.09. The SMILES string of the molecule is CCNC(=NCc1ccccc1COC)NCC(c1ccco1)N1CCCC1.I. The van der Waals surface area contributed by atoms with Crippen LogP contribution < -0.4 is 10.6 Å². The standard InChI is InChI=1S/C22H32N4O2.HI/c1-3-23-22(24-15-18-9-4-5-10-19(18)17-27-2)25-16-20(21-11-8-14-28-21)26-12-6-7-13-26;/h4-5,8-11,14,20H,3,6-7,12-13,15-17H2,1-2H3,(H2,23,24,25);1H. The number of aliphatic imine (C=N–C) groups is 1. The molecule has 0 aliphatic carbocycles. The summed E-state index contributed by atoms with van der Waals surface area (Å²) in [5.74, 6) is 1.83. The molecule has 0 amide bonds. The van der Waals surface area contributed by atoms with Gasteiger partial charge in [-0.1, -0.05) is 24.3 Å². The Morgan fingerprint density at radius 3 is 2.55 bits per heavy atom. The molecule has 0 radical (unpaired) electrons. The molecule has 29 heavy (non-hydrogen) atoms. The number of methoxy groups -OCH3 is 1. The Kier molecular flexibility index (Phi) is 10.5. The Bertz CT molecular complexity index is 730. The highest BCUT2D eigenvalue weighted by Gasteiger charge is 2.25. The van der Waals surface area contributed by atoms with Crippen LogP contribution in [0.5, 0.6) is 0 Å². The number of benzene rings is 1. The lowest BCUT2D eigenvalue weighted by atomic mass is 10.1. The van der Waals surface area contributed by atoms with Gasteiger partial charge in [0.1, 0.15) is 5.76 Å². The number of nitrogens with zero attached hydrogens (tertiary/aromatic N) is 2. The van der Waals surface area contributed by atoms with E-state index in [4.69, 9.17) is 14.1 Å². The number of halogens is 1. The first-order chi connectivity index (χ1) is 13.8. The summed E-state index contributed by atoms with van der Waals surface area (Å²) in [4.78, 5) is 7.29. The van der Waals surface area contributed by atoms with E-state index in [1.165, 1.54) is 24.0 Å². The van der Waals surface area contributed by atoms with Crippen LogP contribution in [-0.2, 0) is 17.9 Å². The molecule has 0 saturated carbocycles. The number of ether oxygens (including phenoxy) is 1. The van der Waals surface area contributed by atoms with Gasteiger partial charge in [-0.05, 0) is 56.1 Å². The summed E-state index contributed by atoms with van der Waals surface area (Å²) in [5, 5.41) is 6.87. The quantitative estimate of drug-likeness (QED) is 0.303. The zero-order chi connectivity index (χ0) is 19.6. The molecule has 1 aromatic carbocycles. The van der Waals surface area contributed by atoms with Crippen LogP contribution in [0.15, 0.2) is 52.1 Å². The smallest absolute Gasteiger partial charge is 0.191 e. The highest BCUT2D eigenvalue weighted by Crippen LogP contribution is 2.24. The van der Waals surface area contributed by atoms with Crippen LogP contribution in [0.4, 0.5) is 0 Å². The second kappa shape index (κ2) is 12.9. The normalized spacial score (nSPS) is 15.7. The van der Waals surface area contributed by atoms with Crippen LogP contribution in [0.3, 0.4) is 0 Å². The molecule has 2 heterocycles. The van der Waals surface area contributed by atoms with Gasteiger partial charge in [0.25, 0.3) is 0 Å². The summed E-state index contributed by atoms with van der Waals surface area (Å²) in [6.07, 6.45) is 4.26. The summed E-state index contributed by atoms with van der Waals surface area (Å²) in [6, 6.07) is 12.5. The zero-order valence-electron chi connectivity index (χ0n) is 17.4. The molecule has 1 aromatic heterocycles. The van der Waals surface area contributed by atoms with Crippen LogP contribution >= 0.6 is 24.0 Å². The van der Waals surface area contributed by atoms with E-state index in [1.54, 1.807) is 13.4 Å². The Morgan fingerprint density at radius 2 is 1.90 bits per heavy atom. The van der Waals surface area contributed by atoms with Gasteiger partial charge < -0.3 is 19.8 Å². The second-order valence-electron chi connectivity index (χ2n) is 7.05. The van der Waals surface area contributed by atoms with Gasteiger partial charge in [-0.3, -0.25) is 4.90 Å². The number of hydrogen-bond acceptors (Lipinski definition) is 4. The average molecular weight is 512 g/mol. The van der Waals surface area contributed by atoms with Gasteiger partial charge in [-0.25, -0.2) is 4.99 Å². The molecule has 1 unspecified atom stereocenters. The van der Waals surface area contributed by atoms with Crippen LogP contribution in [0.1, 0.15) is 42.7 Å². The lowest BCUT2D eigenvalue weighted by molar-refractivity contribution is 0.184. The fourth-order valence-electron chi connectivity index (χ4n) is 3.65. The molecule has 6 nitrogen and oxygen atoms in total. The molecular formula is C22H33IN4O2. The van der Waals surface area contributed by atoms with Crippen LogP contribution in [0, 0.1) is 0 Å². The van der Waals surface area contributed by atoms with Crippen LogP contribution in [-0.4, -0.2) is 44.1 Å². The van der Waals surface area contributed by atoms with Crippen molar-refractivity contribution in [2.24, 2.45) is 4.99 Å². The Hall–Kier alpha value is -1.58. The van der Waals surface area contributed by atoms with E-state index in [2.05, 4.69) is 40.7 Å². The van der Waals surface area contributed by atoms with Crippen molar-refractivity contribution < 1.29 is 9.15 Å². The summed E-state index contributed by atoms with van der Waals surface area (Å²) < 4.78 is 11.0. The van der Waals surface area contributed by atoms with E-state index in [1.807, 2.05) is 18.2 Å². The number of nitrogens with one attached hydrogen (secondary N) is 2. The van der Waals surface area contributed by atoms with Crippen molar-refractivity contribution in [3.05, 3.63) is 59.5 Å². The predicted octanol–water partition coefficient (Wildman–Crippen LogP) is 3.94. The monoisotopic (exact) mass is 512 g/mol. The van der Waals surface area contributed by atoms with Crippen LogP contribution in [0.25, 0.3) is 0 Å². The van der Waals surface area contributed by atoms with Crippen LogP contribution in [0.2, 0.25) is 0 Å². The minimum absolute atomic E-state index is 0. The van der Waals surface area contributed by atoms with E-state index in [0.29, 0.717) is 13.2 Å². The largest absolute Gasteiger partial charge is 0.468 e. The third-order valence-corrected chi connectivity index (χ3v) is 5.09. The molecule has 1 saturated heterocycles. The van der Waals surface area contributed by atoms with Crippen molar-refractivity contribution in [1.29, 1.82) is 0 Å². The van der Waals surface area contributed by atoms with Gasteiger partial charge in [0.05, 0.1) is 25.5 Å². The number of rotatable bonds is 9. The number of hydrogen-bond donors (Lipinski definition) is 2. The first-order valence-electron chi connectivity index (χ1n) is 10.2. The Balaban J connectivity index is 0.00000300. The zero-order valence-corrected chi connectivity index (χ0v) is 19.7. The topological polar surface area (TPSA) is 62.0 Å². The predicted molar refractivity (Wildman–Crippen MR) is 128 cm³/mol. The van der Waals surface area contributed by atoms with Crippen molar-refractivity contribution in [3.63, 3.8) is 0 Å². The first-order valence-corrected chi connectivity index (χ1v) is 10.2. The lowest BCUT2D eigenvalue weighted by Gasteiger charge is -2.26. The van der Waals surface area contributed by atoms with Gasteiger partial charge in [0, 0.05) is 20.2 Å². The molecule has 1 aliphatic rings. The minimum atomic E-state index is 0. The van der Waals surface area contributed by atoms with Gasteiger partial charge in [-0.2, -0.15) is 0 Å². The molecule has 1 fully saturated rings. The molecular weight excluding hydrogens is 479 g/mol. The molecule has 1 aliphatic heterocycles. The number of furan rings is 1. The summed E-state index contributed by atoms with van der Waals surface area (Å²) in [6.45, 7) is 7.12. The molecule has 160 valence electrons. The first kappa shape index (κ1) is 23.7. The van der Waals surface area contributed by atoms with Crippen molar-refractivity contribution in [2.45, 2.75) is 39.0 Å². The van der Waals surface area contributed by atoms with Gasteiger partial charge in [0.15, 0.2) is 5.96 Å². The second-order valence-corrected chi connectivity index (χ2v) is 7.05. The lowest BCUT2D eigenvalue weighted by Crippen LogP contribution is -2.42. The maximum atomic E-state index is 5.72. The number of likely N-dealkylation sites (tertiary alicyclic amines) is 1. The maximum Gasteiger partial charge on any atom is 0.191 e. The molecule has 1 atom stereocenters. The van der Waals surface area contributed by atoms with Gasteiger partial charge >= 0.3 is 0 Å². The number of guanidine groups is 1. The summed E-state index contributed by atoms with van der Waals surface area (Å²) in [5.41, 5.74) is 2.36. The molecule has 3 rings (SSSR count). The van der Waals surface area contributed by atoms with Gasteiger partial charge in [-0.15, -0.1) is 24.0 Å². The highest BCUT2D eigenvalue weighted by molar-refractivity contribution is 14.0. The molecule has 2 N–H and O–H groups in total. The van der Waals surface area contributed by atoms with E-state index < -0.39 is 0 Å². The highest BCUT2D eigenvalue weighted by atomic mass is 127. The summed E-state index contributed by atoms with van der Waals surface area (Å²) >= 11 is 0. The van der Waals surface area contributed by atoms with Gasteiger partial charge in [0.2, 0.25) is 0 Å². The molecule has 0 bridgehead atoms. The fourth-order valence-corrected chi connectivity index (χ4v) is 3.65. The van der Waals surface area contributed by atoms with Crippen molar-refractivity contribution in [2.75, 3.05) is 33.3 Å². The van der Waals surface area contributed by atoms with E-state index in [0.717, 1.165) is 37.9 Å². The van der Waals surface area contributed by atoms with E-state index >= 15 is 0 Å². The third kappa shape index (κ3) is 7.01. The van der Waals surface area contributed by atoms with E-state index in [-0.39, 0.29) is 30.0 Å². The van der Waals surface area contributed by atoms with Crippen molar-refractivity contribution in [3.8, 4) is 0 Å². The van der Waals surface area contributed by atoms with Crippen molar-refractivity contribution in [1.82, 2.24) is 15.5 Å². The Labute approximate surface area is 191 Å². The Morgan fingerprint density at radius 1 is 1.14 bits per heavy atom. The maximum absolute atomic E-state index is 5.72. The molecule has 0 spiro atoms.